The van der Waals surface area contributed by atoms with E-state index in [2.05, 4.69) is 71.5 Å². The summed E-state index contributed by atoms with van der Waals surface area (Å²) < 4.78 is 214. The monoisotopic (exact) mass is 1810 g/mol. The molecular weight excluding hydrogens is 1710 g/mol. The van der Waals surface area contributed by atoms with Gasteiger partial charge in [-0.2, -0.15) is 0 Å². The van der Waals surface area contributed by atoms with Gasteiger partial charge in [-0.15, -0.1) is 0 Å². The van der Waals surface area contributed by atoms with Crippen LogP contribution in [0.4, 0.5) is 50.9 Å². The minimum absolute atomic E-state index is 0.0310. The second-order valence-electron chi connectivity index (χ2n) is 32.6. The van der Waals surface area contributed by atoms with Crippen LogP contribution < -0.4 is 9.97 Å². The van der Waals surface area contributed by atoms with Crippen LogP contribution >= 0.6 is 85.5 Å². The normalized spacial score (nSPS) is 27.6. The second-order valence-corrected chi connectivity index (χ2v) is 71.8. The molecule has 22 heteroatoms. The van der Waals surface area contributed by atoms with Crippen LogP contribution in [0.25, 0.3) is 32.3 Å². The molecule has 0 aliphatic heterocycles. The maximum atomic E-state index is 25.5. The van der Waals surface area contributed by atoms with E-state index in [4.69, 9.17) is 25.8 Å². The van der Waals surface area contributed by atoms with Crippen LogP contribution in [0.5, 0.6) is 0 Å². The van der Waals surface area contributed by atoms with Crippen LogP contribution in [0.3, 0.4) is 0 Å². The summed E-state index contributed by atoms with van der Waals surface area (Å²) in [4.78, 5) is 1.17. The molecular formula is C89H98BrClF9IN2O3P4S. The van der Waals surface area contributed by atoms with Crippen LogP contribution in [0.1, 0.15) is 109 Å². The van der Waals surface area contributed by atoms with Crippen molar-refractivity contribution in [1.29, 1.82) is 0 Å². The average molecular weight is 1810 g/mol. The molecule has 0 heterocycles. The molecule has 0 amide bonds. The zero-order chi connectivity index (χ0) is 80.2. The number of fused-ring (bicyclic) bond motifs is 3. The van der Waals surface area contributed by atoms with Gasteiger partial charge in [0.25, 0.3) is 0 Å². The third kappa shape index (κ3) is 9.32. The Balaban J connectivity index is 1.68. The van der Waals surface area contributed by atoms with E-state index in [1.807, 2.05) is 156 Å². The minimum atomic E-state index is -8.68. The average Bonchev–Trinajstić information content (AvgIpc) is 0.548. The molecule has 10 aromatic carbocycles. The molecule has 5 aliphatic carbocycles. The van der Waals surface area contributed by atoms with Crippen molar-refractivity contribution < 1.29 is 53.7 Å². The number of rotatable bonds is 22. The zero-order valence-electron chi connectivity index (χ0n) is 64.8. The zero-order valence-corrected chi connectivity index (χ0v) is 73.9. The van der Waals surface area contributed by atoms with Gasteiger partial charge in [0.15, 0.2) is 0 Å². The number of nitrogens with zero attached hydrogens (tertiary/aromatic N) is 2. The molecule has 0 saturated heterocycles. The van der Waals surface area contributed by atoms with Gasteiger partial charge in [0.1, 0.15) is 0 Å². The number of para-hydroxylation sites is 2. The summed E-state index contributed by atoms with van der Waals surface area (Å²) in [5.41, 5.74) is -7.18. The Labute approximate surface area is 677 Å². The van der Waals surface area contributed by atoms with E-state index in [9.17, 15) is 0 Å². The molecule has 7 unspecified atom stereocenters. The van der Waals surface area contributed by atoms with E-state index >= 15 is 39.5 Å². The Bertz CT molecular complexity index is 5120. The van der Waals surface area contributed by atoms with Crippen LogP contribution in [-0.2, 0) is 19.0 Å². The topological polar surface area (TPSA) is 34.2 Å². The molecule has 10 aromatic rings. The standard InChI is InChI=1S/C89H98BrClF9IN2O3P4S/c1-14-105-87(97)85(95,106-58(2)3)83(93,89(98,99)100)88(102(9)10,84(94,101)86(87,96)104-11)110(76-49-61(8)80(92)79(91)78(76)90,81-55-62-50-63(56-81)52-64(51-62)57-81,103(71-42-23-17-24-43-71)72-44-25-18-26-45-72)111(107,108(12)13,109(59(4)5)60(6)7,77-48-32-37-68-53-66-34-27-28-35-67(66)54-74(68)77)82(69-38-19-15-20-39-69,70-40-21-16-22-41-70)75-47-31-36-65-33-29-30-46-73(65)75/h15-49,53-54,58-60,62-64H,14,50-52,55-57,107H2,1-13H3. The first-order chi connectivity index (χ1) is 52.4. The number of aryl methyl sites for hydroxylation is 1. The van der Waals surface area contributed by atoms with Crippen molar-refractivity contribution in [2.24, 2.45) is 17.8 Å². The number of ether oxygens (including phenoxy) is 3. The van der Waals surface area contributed by atoms with E-state index in [1.54, 1.807) is 60.7 Å². The molecule has 15 rings (SSSR count). The molecule has 592 valence electrons. The van der Waals surface area contributed by atoms with Crippen molar-refractivity contribution in [1.82, 2.24) is 4.90 Å². The second kappa shape index (κ2) is 28.1. The fourth-order valence-electron chi connectivity index (χ4n) is 24.4. The number of halogens is 12. The molecule has 5 saturated carbocycles. The molecule has 4 bridgehead atoms. The van der Waals surface area contributed by atoms with Crippen molar-refractivity contribution in [3.8, 4) is 0 Å². The third-order valence-corrected chi connectivity index (χ3v) is 97.1. The first-order valence-corrected chi connectivity index (χ1v) is 51.9. The molecule has 0 spiro atoms. The van der Waals surface area contributed by atoms with Gasteiger partial charge in [-0.1, -0.05) is 0 Å². The number of hydrogen-bond acceptors (Lipinski definition) is 5. The van der Waals surface area contributed by atoms with Crippen LogP contribution in [-0.4, -0.2) is 107 Å². The molecule has 7 atom stereocenters. The van der Waals surface area contributed by atoms with Crippen molar-refractivity contribution in [3.63, 3.8) is 0 Å². The Morgan fingerprint density at radius 2 is 1.06 bits per heavy atom. The first-order valence-electron chi connectivity index (χ1n) is 38.0. The van der Waals surface area contributed by atoms with E-state index in [0.29, 0.717) is 74.9 Å². The van der Waals surface area contributed by atoms with E-state index < -0.39 is 132 Å². The molecule has 0 N–H and O–H groups in total. The van der Waals surface area contributed by atoms with Gasteiger partial charge < -0.3 is 0 Å². The van der Waals surface area contributed by atoms with E-state index in [1.165, 1.54) is 13.0 Å². The quantitative estimate of drug-likeness (QED) is 0.0128. The van der Waals surface area contributed by atoms with Crippen molar-refractivity contribution in [2.45, 2.75) is 165 Å². The summed E-state index contributed by atoms with van der Waals surface area (Å²) in [5, 5.41) is -4.69. The Kier molecular flexibility index (Phi) is 21.0. The Morgan fingerprint density at radius 3 is 1.52 bits per heavy atom. The van der Waals surface area contributed by atoms with Crippen molar-refractivity contribution >= 4 is 135 Å². The van der Waals surface area contributed by atoms with Gasteiger partial charge >= 0.3 is 683 Å². The van der Waals surface area contributed by atoms with Gasteiger partial charge in [0, 0.05) is 0 Å². The number of alkyl halides is 9. The molecule has 5 aliphatic rings. The van der Waals surface area contributed by atoms with E-state index in [-0.39, 0.29) is 41.5 Å². The number of benzene rings is 10. The summed E-state index contributed by atoms with van der Waals surface area (Å²) >= 11 is 13.6. The molecule has 5 nitrogen and oxygen atoms in total. The van der Waals surface area contributed by atoms with Gasteiger partial charge in [-0.25, -0.2) is 0 Å². The summed E-state index contributed by atoms with van der Waals surface area (Å²) in [6.07, 6.45) is -8.14. The Hall–Kier alpha value is -4.44. The van der Waals surface area contributed by atoms with Crippen LogP contribution in [0.15, 0.2) is 234 Å². The van der Waals surface area contributed by atoms with E-state index in [0.717, 1.165) is 67.7 Å². The summed E-state index contributed by atoms with van der Waals surface area (Å²) in [7, 11) is 0.886. The summed E-state index contributed by atoms with van der Waals surface area (Å²) in [6, 6.07) is 69.6. The van der Waals surface area contributed by atoms with Gasteiger partial charge in [0.2, 0.25) is 0 Å². The van der Waals surface area contributed by atoms with Crippen LogP contribution in [0, 0.1) is 30.5 Å². The van der Waals surface area contributed by atoms with Crippen molar-refractivity contribution in [3.05, 3.63) is 262 Å². The fourth-order valence-corrected chi connectivity index (χ4v) is 122. The maximum absolute atomic E-state index is 25.5. The molecule has 111 heavy (non-hydrogen) atoms. The predicted molar refractivity (Wildman–Crippen MR) is 467 cm³/mol. The number of methoxy groups -OCH3 is 1. The number of hydrogen-bond donors (Lipinski definition) is 0. The van der Waals surface area contributed by atoms with Crippen molar-refractivity contribution in [2.75, 3.05) is 45.8 Å². The molecule has 5 fully saturated rings. The fraction of sp³-hybridized carbons (Fsp3) is 0.393. The predicted octanol–water partition coefficient (Wildman–Crippen LogP) is 28.2. The van der Waals surface area contributed by atoms with Gasteiger partial charge in [-0.3, -0.25) is 0 Å². The summed E-state index contributed by atoms with van der Waals surface area (Å²) in [5.74, 6) is -28.2. The third-order valence-electron chi connectivity index (χ3n) is 26.1. The van der Waals surface area contributed by atoms with Gasteiger partial charge in [0.05, 0.1) is 0 Å². The Morgan fingerprint density at radius 1 is 0.613 bits per heavy atom. The SMILES string of the molecule is CCOC1(F)C(F)(OC)C(F)(I)C(N(C)C)(P(c2cc(C)c(F)c(Cl)c2Br)(N(c2ccccc2)c2ccccc2)(C23CC4CC(CC(C4)C2)C3)S(P)(c2cccc3cc4ccccc4cc23)(P(C)C)(P(C(C)C)C(C)C)C(c2ccccc2)(c2ccccc2)c2cccc3ccccc23)C(F)(C(F)(F)F)C1(F)OC(C)C. The summed E-state index contributed by atoms with van der Waals surface area (Å²) in [6.45, 7) is 7.94. The first kappa shape index (κ1) is 83.1. The van der Waals surface area contributed by atoms with Gasteiger partial charge in [-0.05, 0) is 0 Å². The molecule has 0 radical (unpaired) electrons. The van der Waals surface area contributed by atoms with Crippen LogP contribution in [0.2, 0.25) is 5.02 Å². The molecule has 0 aromatic heterocycles. The number of anilines is 2.